The molecule has 0 N–H and O–H groups in total. The van der Waals surface area contributed by atoms with Gasteiger partial charge in [0.2, 0.25) is 0 Å². The molecule has 0 fully saturated rings. The van der Waals surface area contributed by atoms with Crippen LogP contribution in [0.1, 0.15) is 23.4 Å². The summed E-state index contributed by atoms with van der Waals surface area (Å²) in [6.07, 6.45) is 3.27. The molecular formula is C19H17N3. The van der Waals surface area contributed by atoms with Crippen molar-refractivity contribution in [3.63, 3.8) is 0 Å². The Bertz CT molecular complexity index is 825. The van der Waals surface area contributed by atoms with E-state index in [0.717, 1.165) is 47.7 Å². The van der Waals surface area contributed by atoms with Crippen LogP contribution >= 0.6 is 0 Å². The molecule has 0 spiro atoms. The Morgan fingerprint density at radius 2 is 1.68 bits per heavy atom. The fourth-order valence-corrected chi connectivity index (χ4v) is 3.05. The predicted molar refractivity (Wildman–Crippen MR) is 87.5 cm³/mol. The van der Waals surface area contributed by atoms with Gasteiger partial charge in [-0.25, -0.2) is 15.0 Å². The molecule has 0 atom stereocenters. The van der Waals surface area contributed by atoms with Crippen LogP contribution in [0.15, 0.2) is 48.5 Å². The van der Waals surface area contributed by atoms with Crippen molar-refractivity contribution < 1.29 is 0 Å². The summed E-state index contributed by atoms with van der Waals surface area (Å²) in [5, 5.41) is 0. The minimum Gasteiger partial charge on any atom is -0.250 e. The molecule has 1 aliphatic rings. The van der Waals surface area contributed by atoms with Gasteiger partial charge in [0.1, 0.15) is 5.69 Å². The topological polar surface area (TPSA) is 38.7 Å². The quantitative estimate of drug-likeness (QED) is 0.715. The first kappa shape index (κ1) is 13.1. The Morgan fingerprint density at radius 1 is 0.818 bits per heavy atom. The average Bonchev–Trinajstić information content (AvgIpc) is 3.03. The van der Waals surface area contributed by atoms with Gasteiger partial charge in [0.25, 0.3) is 0 Å². The minimum atomic E-state index is 0.739. The molecule has 0 saturated carbocycles. The van der Waals surface area contributed by atoms with Gasteiger partial charge in [0.05, 0.1) is 5.69 Å². The average molecular weight is 287 g/mol. The van der Waals surface area contributed by atoms with Crippen molar-refractivity contribution in [1.29, 1.82) is 0 Å². The molecule has 1 aromatic carbocycles. The van der Waals surface area contributed by atoms with Gasteiger partial charge < -0.3 is 0 Å². The van der Waals surface area contributed by atoms with Crippen molar-refractivity contribution >= 4 is 0 Å². The van der Waals surface area contributed by atoms with E-state index in [0.29, 0.717) is 0 Å². The van der Waals surface area contributed by atoms with Crippen LogP contribution in [-0.2, 0) is 12.8 Å². The number of fused-ring (bicyclic) bond motifs is 1. The zero-order valence-corrected chi connectivity index (χ0v) is 12.6. The largest absolute Gasteiger partial charge is 0.250 e. The van der Waals surface area contributed by atoms with Crippen molar-refractivity contribution in [3.05, 3.63) is 65.5 Å². The molecule has 3 aromatic rings. The SMILES string of the molecule is Cc1cccc(-c2nc3c(c(-c4ccccc4)n2)CCC3)n1. The third-order valence-corrected chi connectivity index (χ3v) is 4.10. The first-order valence-electron chi connectivity index (χ1n) is 7.70. The lowest BCUT2D eigenvalue weighted by Crippen LogP contribution is -2.01. The van der Waals surface area contributed by atoms with E-state index in [2.05, 4.69) is 29.2 Å². The predicted octanol–water partition coefficient (Wildman–Crippen LogP) is 4.00. The van der Waals surface area contributed by atoms with E-state index in [1.165, 1.54) is 11.3 Å². The second-order valence-corrected chi connectivity index (χ2v) is 5.70. The van der Waals surface area contributed by atoms with Gasteiger partial charge in [-0.1, -0.05) is 36.4 Å². The summed E-state index contributed by atoms with van der Waals surface area (Å²) in [4.78, 5) is 14.2. The highest BCUT2D eigenvalue weighted by Gasteiger charge is 2.21. The summed E-state index contributed by atoms with van der Waals surface area (Å²) in [6.45, 7) is 2.00. The van der Waals surface area contributed by atoms with E-state index in [1.807, 2.05) is 31.2 Å². The Hall–Kier alpha value is -2.55. The zero-order chi connectivity index (χ0) is 14.9. The number of rotatable bonds is 2. The molecule has 1 aliphatic carbocycles. The molecule has 3 nitrogen and oxygen atoms in total. The van der Waals surface area contributed by atoms with Crippen molar-refractivity contribution in [2.24, 2.45) is 0 Å². The van der Waals surface area contributed by atoms with Crippen molar-refractivity contribution in [2.45, 2.75) is 26.2 Å². The summed E-state index contributed by atoms with van der Waals surface area (Å²) < 4.78 is 0. The maximum absolute atomic E-state index is 4.85. The Labute approximate surface area is 130 Å². The van der Waals surface area contributed by atoms with Crippen LogP contribution in [0.4, 0.5) is 0 Å². The third-order valence-electron chi connectivity index (χ3n) is 4.10. The molecule has 4 rings (SSSR count). The maximum Gasteiger partial charge on any atom is 0.178 e. The number of aryl methyl sites for hydroxylation is 2. The highest BCUT2D eigenvalue weighted by molar-refractivity contribution is 5.67. The normalized spacial score (nSPS) is 13.1. The van der Waals surface area contributed by atoms with Gasteiger partial charge in [-0.2, -0.15) is 0 Å². The van der Waals surface area contributed by atoms with E-state index in [-0.39, 0.29) is 0 Å². The fourth-order valence-electron chi connectivity index (χ4n) is 3.05. The van der Waals surface area contributed by atoms with E-state index < -0.39 is 0 Å². The van der Waals surface area contributed by atoms with Gasteiger partial charge in [-0.05, 0) is 38.3 Å². The van der Waals surface area contributed by atoms with Gasteiger partial charge >= 0.3 is 0 Å². The molecule has 0 saturated heterocycles. The monoisotopic (exact) mass is 287 g/mol. The Kier molecular flexibility index (Phi) is 3.19. The van der Waals surface area contributed by atoms with E-state index in [4.69, 9.17) is 9.97 Å². The molecule has 0 bridgehead atoms. The van der Waals surface area contributed by atoms with Crippen LogP contribution in [0.5, 0.6) is 0 Å². The molecule has 22 heavy (non-hydrogen) atoms. The minimum absolute atomic E-state index is 0.739. The number of aromatic nitrogens is 3. The van der Waals surface area contributed by atoms with Crippen molar-refractivity contribution in [3.8, 4) is 22.8 Å². The van der Waals surface area contributed by atoms with Crippen molar-refractivity contribution in [1.82, 2.24) is 15.0 Å². The van der Waals surface area contributed by atoms with E-state index >= 15 is 0 Å². The maximum atomic E-state index is 4.85. The van der Waals surface area contributed by atoms with Gasteiger partial charge in [0, 0.05) is 22.5 Å². The van der Waals surface area contributed by atoms with Crippen molar-refractivity contribution in [2.75, 3.05) is 0 Å². The molecule has 3 heteroatoms. The van der Waals surface area contributed by atoms with E-state index in [1.54, 1.807) is 0 Å². The molecule has 0 aliphatic heterocycles. The van der Waals surface area contributed by atoms with Gasteiger partial charge in [-0.3, -0.25) is 0 Å². The van der Waals surface area contributed by atoms with Crippen LogP contribution < -0.4 is 0 Å². The second kappa shape index (κ2) is 5.34. The van der Waals surface area contributed by atoms with Gasteiger partial charge in [0.15, 0.2) is 5.82 Å². The van der Waals surface area contributed by atoms with Gasteiger partial charge in [-0.15, -0.1) is 0 Å². The summed E-state index contributed by atoms with van der Waals surface area (Å²) >= 11 is 0. The standard InChI is InChI=1S/C19H17N3/c1-13-7-5-12-17(20-13)19-21-16-11-6-10-15(16)18(22-19)14-8-3-2-4-9-14/h2-5,7-9,12H,6,10-11H2,1H3. The molecule has 108 valence electrons. The van der Waals surface area contributed by atoms with Crippen LogP contribution in [0.2, 0.25) is 0 Å². The fraction of sp³-hybridized carbons (Fsp3) is 0.211. The second-order valence-electron chi connectivity index (χ2n) is 5.70. The van der Waals surface area contributed by atoms with Crippen LogP contribution in [0.25, 0.3) is 22.8 Å². The summed E-state index contributed by atoms with van der Waals surface area (Å²) in [5.41, 5.74) is 6.57. The first-order valence-corrected chi connectivity index (χ1v) is 7.70. The highest BCUT2D eigenvalue weighted by Crippen LogP contribution is 2.31. The lowest BCUT2D eigenvalue weighted by atomic mass is 10.1. The third kappa shape index (κ3) is 2.29. The molecule has 0 unspecified atom stereocenters. The number of benzene rings is 1. The molecule has 2 heterocycles. The first-order chi connectivity index (χ1) is 10.8. The highest BCUT2D eigenvalue weighted by atomic mass is 14.9. The molecular weight excluding hydrogens is 270 g/mol. The van der Waals surface area contributed by atoms with Crippen LogP contribution in [-0.4, -0.2) is 15.0 Å². The zero-order valence-electron chi connectivity index (χ0n) is 12.6. The van der Waals surface area contributed by atoms with Crippen LogP contribution in [0.3, 0.4) is 0 Å². The summed E-state index contributed by atoms with van der Waals surface area (Å²) in [6, 6.07) is 16.4. The number of hydrogen-bond donors (Lipinski definition) is 0. The summed E-state index contributed by atoms with van der Waals surface area (Å²) in [5.74, 6) is 0.739. The lowest BCUT2D eigenvalue weighted by molar-refractivity contribution is 0.899. The van der Waals surface area contributed by atoms with E-state index in [9.17, 15) is 0 Å². The number of nitrogens with zero attached hydrogens (tertiary/aromatic N) is 3. The number of hydrogen-bond acceptors (Lipinski definition) is 3. The Morgan fingerprint density at radius 3 is 2.50 bits per heavy atom. The number of pyridine rings is 1. The summed E-state index contributed by atoms with van der Waals surface area (Å²) in [7, 11) is 0. The molecule has 2 aromatic heterocycles. The molecule has 0 amide bonds. The molecule has 0 radical (unpaired) electrons. The lowest BCUT2D eigenvalue weighted by Gasteiger charge is -2.10. The smallest absolute Gasteiger partial charge is 0.178 e. The Balaban J connectivity index is 1.92. The van der Waals surface area contributed by atoms with Crippen LogP contribution in [0, 0.1) is 6.92 Å².